The monoisotopic (exact) mass is 182 g/mol. The summed E-state index contributed by atoms with van der Waals surface area (Å²) in [4.78, 5) is 0. The third-order valence-electron chi connectivity index (χ3n) is 1.97. The maximum absolute atomic E-state index is 9.59. The second kappa shape index (κ2) is 4.23. The number of aliphatic hydroxyl groups excluding tert-OH is 1. The number of benzene rings is 1. The smallest absolute Gasteiger partial charge is 0.125 e. The molecule has 0 aliphatic heterocycles. The molecule has 4 heteroatoms. The number of aromatic hydroxyl groups is 1. The zero-order chi connectivity index (χ0) is 9.84. The molecule has 0 saturated carbocycles. The maximum Gasteiger partial charge on any atom is 0.125 e. The van der Waals surface area contributed by atoms with Crippen molar-refractivity contribution in [3.63, 3.8) is 0 Å². The molecule has 6 N–H and O–H groups in total. The van der Waals surface area contributed by atoms with Gasteiger partial charge in [0.25, 0.3) is 0 Å². The Kier molecular flexibility index (Phi) is 3.25. The lowest BCUT2D eigenvalue weighted by atomic mass is 10.0. The number of para-hydroxylation sites is 1. The number of hydrogen-bond acceptors (Lipinski definition) is 4. The van der Waals surface area contributed by atoms with E-state index in [2.05, 4.69) is 0 Å². The molecule has 0 heterocycles. The quantitative estimate of drug-likeness (QED) is 0.522. The van der Waals surface area contributed by atoms with Crippen LogP contribution in [0.15, 0.2) is 18.2 Å². The molecule has 0 saturated heterocycles. The Morgan fingerprint density at radius 2 is 2.08 bits per heavy atom. The van der Waals surface area contributed by atoms with E-state index in [4.69, 9.17) is 16.6 Å². The first-order valence-electron chi connectivity index (χ1n) is 4.08. The molecule has 0 aliphatic carbocycles. The average Bonchev–Trinajstić information content (AvgIpc) is 2.17. The molecule has 72 valence electrons. The molecule has 1 aromatic carbocycles. The fraction of sp³-hybridized carbons (Fsp3) is 0.333. The molecule has 0 aliphatic rings. The summed E-state index contributed by atoms with van der Waals surface area (Å²) in [7, 11) is 0. The molecule has 0 radical (unpaired) electrons. The van der Waals surface area contributed by atoms with Crippen molar-refractivity contribution in [1.29, 1.82) is 0 Å². The summed E-state index contributed by atoms with van der Waals surface area (Å²) in [6.07, 6.45) is 0. The standard InChI is InChI=1S/C9H14N2O2/c10-4-8(11)7-3-1-2-6(5-12)9(7)13/h1-3,8,12-13H,4-5,10-11H2/t8-/m1/s1. The first-order valence-corrected chi connectivity index (χ1v) is 4.08. The van der Waals surface area contributed by atoms with Crippen LogP contribution in [0.4, 0.5) is 0 Å². The van der Waals surface area contributed by atoms with Crippen molar-refractivity contribution < 1.29 is 10.2 Å². The molecule has 0 spiro atoms. The van der Waals surface area contributed by atoms with E-state index in [1.165, 1.54) is 0 Å². The van der Waals surface area contributed by atoms with Gasteiger partial charge in [-0.05, 0) is 0 Å². The van der Waals surface area contributed by atoms with Gasteiger partial charge in [0.1, 0.15) is 5.75 Å². The summed E-state index contributed by atoms with van der Waals surface area (Å²) in [5, 5.41) is 18.5. The topological polar surface area (TPSA) is 92.5 Å². The Balaban J connectivity index is 3.08. The average molecular weight is 182 g/mol. The van der Waals surface area contributed by atoms with Gasteiger partial charge in [0, 0.05) is 23.7 Å². The summed E-state index contributed by atoms with van der Waals surface area (Å²) < 4.78 is 0. The first-order chi connectivity index (χ1) is 6.20. The van der Waals surface area contributed by atoms with E-state index >= 15 is 0 Å². The fourth-order valence-corrected chi connectivity index (χ4v) is 1.16. The van der Waals surface area contributed by atoms with Crippen LogP contribution in [0, 0.1) is 0 Å². The van der Waals surface area contributed by atoms with Gasteiger partial charge in [-0.3, -0.25) is 0 Å². The minimum absolute atomic E-state index is 0.0444. The number of hydrogen-bond donors (Lipinski definition) is 4. The van der Waals surface area contributed by atoms with Crippen molar-refractivity contribution in [2.24, 2.45) is 11.5 Å². The normalized spacial score (nSPS) is 12.8. The van der Waals surface area contributed by atoms with Crippen LogP contribution < -0.4 is 11.5 Å². The lowest BCUT2D eigenvalue weighted by Crippen LogP contribution is -2.21. The first kappa shape index (κ1) is 9.98. The van der Waals surface area contributed by atoms with Gasteiger partial charge in [0.15, 0.2) is 0 Å². The van der Waals surface area contributed by atoms with Gasteiger partial charge >= 0.3 is 0 Å². The van der Waals surface area contributed by atoms with E-state index in [0.29, 0.717) is 11.1 Å². The number of phenols is 1. The highest BCUT2D eigenvalue weighted by Crippen LogP contribution is 2.26. The molecular formula is C9H14N2O2. The van der Waals surface area contributed by atoms with Gasteiger partial charge in [0.2, 0.25) is 0 Å². The zero-order valence-corrected chi connectivity index (χ0v) is 7.27. The van der Waals surface area contributed by atoms with Crippen molar-refractivity contribution >= 4 is 0 Å². The molecule has 0 aromatic heterocycles. The van der Waals surface area contributed by atoms with Crippen LogP contribution in [0.2, 0.25) is 0 Å². The largest absolute Gasteiger partial charge is 0.507 e. The molecule has 0 amide bonds. The SMILES string of the molecule is NC[C@@H](N)c1cccc(CO)c1O. The molecule has 4 nitrogen and oxygen atoms in total. The van der Waals surface area contributed by atoms with E-state index in [0.717, 1.165) is 0 Å². The Labute approximate surface area is 76.8 Å². The van der Waals surface area contributed by atoms with Crippen LogP contribution >= 0.6 is 0 Å². The molecule has 1 atom stereocenters. The summed E-state index contributed by atoms with van der Waals surface area (Å²) >= 11 is 0. The van der Waals surface area contributed by atoms with E-state index < -0.39 is 0 Å². The molecule has 13 heavy (non-hydrogen) atoms. The molecule has 1 rings (SSSR count). The van der Waals surface area contributed by atoms with Crippen LogP contribution in [-0.2, 0) is 6.61 Å². The van der Waals surface area contributed by atoms with Crippen LogP contribution in [0.5, 0.6) is 5.75 Å². The Bertz CT molecular complexity index is 289. The van der Waals surface area contributed by atoms with Crippen LogP contribution in [0.3, 0.4) is 0 Å². The van der Waals surface area contributed by atoms with Gasteiger partial charge in [-0.2, -0.15) is 0 Å². The second-order valence-corrected chi connectivity index (χ2v) is 2.86. The van der Waals surface area contributed by atoms with E-state index in [1.807, 2.05) is 0 Å². The predicted octanol–water partition coefficient (Wildman–Crippen LogP) is -0.157. The minimum atomic E-state index is -0.383. The lowest BCUT2D eigenvalue weighted by molar-refractivity contribution is 0.275. The molecule has 1 aromatic rings. The van der Waals surface area contributed by atoms with Crippen LogP contribution in [-0.4, -0.2) is 16.8 Å². The highest BCUT2D eigenvalue weighted by atomic mass is 16.3. The van der Waals surface area contributed by atoms with Crippen LogP contribution in [0.1, 0.15) is 17.2 Å². The third-order valence-corrected chi connectivity index (χ3v) is 1.97. The molecule has 0 bridgehead atoms. The van der Waals surface area contributed by atoms with E-state index in [1.54, 1.807) is 18.2 Å². The van der Waals surface area contributed by atoms with Gasteiger partial charge in [-0.25, -0.2) is 0 Å². The zero-order valence-electron chi connectivity index (χ0n) is 7.27. The molecule has 0 unspecified atom stereocenters. The van der Waals surface area contributed by atoms with Gasteiger partial charge in [-0.15, -0.1) is 0 Å². The number of nitrogens with two attached hydrogens (primary N) is 2. The molecule has 0 fully saturated rings. The van der Waals surface area contributed by atoms with Crippen molar-refractivity contribution in [3.8, 4) is 5.75 Å². The van der Waals surface area contributed by atoms with Crippen molar-refractivity contribution in [2.75, 3.05) is 6.54 Å². The number of aliphatic hydroxyl groups is 1. The highest BCUT2D eigenvalue weighted by molar-refractivity contribution is 5.41. The Morgan fingerprint density at radius 3 is 2.62 bits per heavy atom. The Hall–Kier alpha value is -1.10. The van der Waals surface area contributed by atoms with Crippen molar-refractivity contribution in [2.45, 2.75) is 12.6 Å². The maximum atomic E-state index is 9.59. The van der Waals surface area contributed by atoms with Crippen molar-refractivity contribution in [1.82, 2.24) is 0 Å². The van der Waals surface area contributed by atoms with E-state index in [-0.39, 0.29) is 24.9 Å². The summed E-state index contributed by atoms with van der Waals surface area (Å²) in [6, 6.07) is 4.69. The third kappa shape index (κ3) is 1.98. The summed E-state index contributed by atoms with van der Waals surface area (Å²) in [5.41, 5.74) is 12.1. The predicted molar refractivity (Wildman–Crippen MR) is 50.0 cm³/mol. The second-order valence-electron chi connectivity index (χ2n) is 2.86. The Morgan fingerprint density at radius 1 is 1.38 bits per heavy atom. The van der Waals surface area contributed by atoms with Crippen LogP contribution in [0.25, 0.3) is 0 Å². The van der Waals surface area contributed by atoms with Gasteiger partial charge in [0.05, 0.1) is 6.61 Å². The van der Waals surface area contributed by atoms with Gasteiger partial charge < -0.3 is 21.7 Å². The summed E-state index contributed by atoms with van der Waals surface area (Å²) in [6.45, 7) is 0.0689. The number of rotatable bonds is 3. The minimum Gasteiger partial charge on any atom is -0.507 e. The van der Waals surface area contributed by atoms with Gasteiger partial charge in [-0.1, -0.05) is 18.2 Å². The van der Waals surface area contributed by atoms with Crippen molar-refractivity contribution in [3.05, 3.63) is 29.3 Å². The fourth-order valence-electron chi connectivity index (χ4n) is 1.16. The molecular weight excluding hydrogens is 168 g/mol. The highest BCUT2D eigenvalue weighted by Gasteiger charge is 2.11. The van der Waals surface area contributed by atoms with E-state index in [9.17, 15) is 5.11 Å². The lowest BCUT2D eigenvalue weighted by Gasteiger charge is -2.12. The summed E-state index contributed by atoms with van der Waals surface area (Å²) in [5.74, 6) is 0.0444.